The van der Waals surface area contributed by atoms with Gasteiger partial charge in [0.1, 0.15) is 5.75 Å². The summed E-state index contributed by atoms with van der Waals surface area (Å²) in [6.45, 7) is 6.80. The van der Waals surface area contributed by atoms with Crippen molar-refractivity contribution in [2.75, 3.05) is 12.4 Å². The lowest BCUT2D eigenvalue weighted by atomic mass is 9.97. The van der Waals surface area contributed by atoms with Crippen molar-refractivity contribution in [1.29, 1.82) is 0 Å². The van der Waals surface area contributed by atoms with Crippen LogP contribution in [0.15, 0.2) is 24.3 Å². The van der Waals surface area contributed by atoms with Crippen molar-refractivity contribution in [2.45, 2.75) is 46.1 Å². The van der Waals surface area contributed by atoms with Crippen LogP contribution in [-0.2, 0) is 0 Å². The topological polar surface area (TPSA) is 21.3 Å². The van der Waals surface area contributed by atoms with Crippen molar-refractivity contribution in [2.24, 2.45) is 5.92 Å². The first-order valence-electron chi connectivity index (χ1n) is 6.60. The SMILES string of the molecule is CCC(C)CC(CC)Nc1cccc(OC)c1. The maximum absolute atomic E-state index is 5.23. The summed E-state index contributed by atoms with van der Waals surface area (Å²) in [6.07, 6.45) is 3.63. The molecular formula is C15H25NO. The average molecular weight is 235 g/mol. The molecule has 2 heteroatoms. The van der Waals surface area contributed by atoms with Crippen LogP contribution in [0.4, 0.5) is 5.69 Å². The number of anilines is 1. The molecule has 2 unspecified atom stereocenters. The first-order valence-corrected chi connectivity index (χ1v) is 6.60. The average Bonchev–Trinajstić information content (AvgIpc) is 2.37. The fourth-order valence-corrected chi connectivity index (χ4v) is 1.93. The number of nitrogens with one attached hydrogen (secondary N) is 1. The van der Waals surface area contributed by atoms with Gasteiger partial charge >= 0.3 is 0 Å². The van der Waals surface area contributed by atoms with Crippen LogP contribution in [0, 0.1) is 5.92 Å². The fraction of sp³-hybridized carbons (Fsp3) is 0.600. The van der Waals surface area contributed by atoms with E-state index in [0.29, 0.717) is 6.04 Å². The summed E-state index contributed by atoms with van der Waals surface area (Å²) in [5.41, 5.74) is 1.15. The second-order valence-corrected chi connectivity index (χ2v) is 4.73. The number of rotatable bonds is 7. The molecular weight excluding hydrogens is 210 g/mol. The van der Waals surface area contributed by atoms with Gasteiger partial charge in [0, 0.05) is 17.8 Å². The van der Waals surface area contributed by atoms with Gasteiger partial charge in [-0.05, 0) is 30.9 Å². The molecule has 0 radical (unpaired) electrons. The number of ether oxygens (including phenoxy) is 1. The van der Waals surface area contributed by atoms with Crippen LogP contribution >= 0.6 is 0 Å². The predicted octanol–water partition coefficient (Wildman–Crippen LogP) is 4.32. The number of hydrogen-bond acceptors (Lipinski definition) is 2. The summed E-state index contributed by atoms with van der Waals surface area (Å²) in [5, 5.41) is 3.59. The van der Waals surface area contributed by atoms with Gasteiger partial charge in [0.2, 0.25) is 0 Å². The monoisotopic (exact) mass is 235 g/mol. The summed E-state index contributed by atoms with van der Waals surface area (Å²) >= 11 is 0. The van der Waals surface area contributed by atoms with E-state index in [1.165, 1.54) is 12.8 Å². The third kappa shape index (κ3) is 4.68. The molecule has 0 aromatic heterocycles. The van der Waals surface area contributed by atoms with E-state index in [-0.39, 0.29) is 0 Å². The Morgan fingerprint density at radius 1 is 1.24 bits per heavy atom. The zero-order valence-electron chi connectivity index (χ0n) is 11.5. The van der Waals surface area contributed by atoms with Crippen LogP contribution in [-0.4, -0.2) is 13.2 Å². The van der Waals surface area contributed by atoms with Gasteiger partial charge in [-0.25, -0.2) is 0 Å². The summed E-state index contributed by atoms with van der Waals surface area (Å²) in [6, 6.07) is 8.70. The number of benzene rings is 1. The predicted molar refractivity (Wildman–Crippen MR) is 74.8 cm³/mol. The molecule has 1 aromatic rings. The molecule has 2 atom stereocenters. The molecule has 0 aliphatic carbocycles. The van der Waals surface area contributed by atoms with Crippen LogP contribution in [0.2, 0.25) is 0 Å². The molecule has 96 valence electrons. The fourth-order valence-electron chi connectivity index (χ4n) is 1.93. The van der Waals surface area contributed by atoms with Gasteiger partial charge in [-0.1, -0.05) is 33.3 Å². The second kappa shape index (κ2) is 7.21. The third-order valence-electron chi connectivity index (χ3n) is 3.32. The van der Waals surface area contributed by atoms with E-state index in [4.69, 9.17) is 4.74 Å². The van der Waals surface area contributed by atoms with Gasteiger partial charge in [-0.15, -0.1) is 0 Å². The minimum atomic E-state index is 0.553. The van der Waals surface area contributed by atoms with Crippen LogP contribution in [0.5, 0.6) is 5.75 Å². The zero-order valence-corrected chi connectivity index (χ0v) is 11.5. The maximum Gasteiger partial charge on any atom is 0.120 e. The largest absolute Gasteiger partial charge is 0.497 e. The standard InChI is InChI=1S/C15H25NO/c1-5-12(3)10-13(6-2)16-14-8-7-9-15(11-14)17-4/h7-9,11-13,16H,5-6,10H2,1-4H3. The van der Waals surface area contributed by atoms with Crippen molar-refractivity contribution in [3.05, 3.63) is 24.3 Å². The molecule has 2 nitrogen and oxygen atoms in total. The highest BCUT2D eigenvalue weighted by atomic mass is 16.5. The molecule has 0 saturated carbocycles. The van der Waals surface area contributed by atoms with E-state index in [1.54, 1.807) is 7.11 Å². The van der Waals surface area contributed by atoms with Crippen LogP contribution in [0.3, 0.4) is 0 Å². The Kier molecular flexibility index (Phi) is 5.88. The highest BCUT2D eigenvalue weighted by molar-refractivity contribution is 5.48. The minimum absolute atomic E-state index is 0.553. The smallest absolute Gasteiger partial charge is 0.120 e. The molecule has 17 heavy (non-hydrogen) atoms. The Balaban J connectivity index is 2.60. The van der Waals surface area contributed by atoms with Crippen molar-refractivity contribution in [3.8, 4) is 5.75 Å². The molecule has 0 aliphatic rings. The molecule has 0 amide bonds. The Morgan fingerprint density at radius 2 is 2.00 bits per heavy atom. The van der Waals surface area contributed by atoms with Gasteiger partial charge in [0.25, 0.3) is 0 Å². The second-order valence-electron chi connectivity index (χ2n) is 4.73. The molecule has 1 N–H and O–H groups in total. The van der Waals surface area contributed by atoms with Crippen LogP contribution in [0.25, 0.3) is 0 Å². The number of hydrogen-bond donors (Lipinski definition) is 1. The quantitative estimate of drug-likeness (QED) is 0.760. The lowest BCUT2D eigenvalue weighted by Gasteiger charge is -2.21. The molecule has 0 spiro atoms. The van der Waals surface area contributed by atoms with Crippen molar-refractivity contribution in [3.63, 3.8) is 0 Å². The Labute approximate surface area is 105 Å². The summed E-state index contributed by atoms with van der Waals surface area (Å²) in [7, 11) is 1.70. The van der Waals surface area contributed by atoms with Gasteiger partial charge in [0.15, 0.2) is 0 Å². The normalized spacial score (nSPS) is 14.1. The first-order chi connectivity index (χ1) is 8.19. The highest BCUT2D eigenvalue weighted by Crippen LogP contribution is 2.21. The van der Waals surface area contributed by atoms with Gasteiger partial charge in [-0.2, -0.15) is 0 Å². The van der Waals surface area contributed by atoms with E-state index < -0.39 is 0 Å². The van der Waals surface area contributed by atoms with Crippen LogP contribution in [0.1, 0.15) is 40.0 Å². The van der Waals surface area contributed by atoms with E-state index in [1.807, 2.05) is 12.1 Å². The Morgan fingerprint density at radius 3 is 2.59 bits per heavy atom. The van der Waals surface area contributed by atoms with Crippen molar-refractivity contribution < 1.29 is 4.74 Å². The molecule has 1 aromatic carbocycles. The molecule has 0 fully saturated rings. The van der Waals surface area contributed by atoms with Gasteiger partial charge in [-0.3, -0.25) is 0 Å². The highest BCUT2D eigenvalue weighted by Gasteiger charge is 2.10. The van der Waals surface area contributed by atoms with Crippen molar-refractivity contribution >= 4 is 5.69 Å². The van der Waals surface area contributed by atoms with Gasteiger partial charge < -0.3 is 10.1 Å². The molecule has 0 saturated heterocycles. The van der Waals surface area contributed by atoms with E-state index in [2.05, 4.69) is 38.2 Å². The third-order valence-corrected chi connectivity index (χ3v) is 3.32. The summed E-state index contributed by atoms with van der Waals surface area (Å²) in [4.78, 5) is 0. The van der Waals surface area contributed by atoms with E-state index in [0.717, 1.165) is 23.8 Å². The number of methoxy groups -OCH3 is 1. The Hall–Kier alpha value is -1.18. The van der Waals surface area contributed by atoms with E-state index >= 15 is 0 Å². The minimum Gasteiger partial charge on any atom is -0.497 e. The zero-order chi connectivity index (χ0) is 12.7. The summed E-state index contributed by atoms with van der Waals surface area (Å²) < 4.78 is 5.23. The lowest BCUT2D eigenvalue weighted by molar-refractivity contribution is 0.414. The Bertz CT molecular complexity index is 324. The van der Waals surface area contributed by atoms with Gasteiger partial charge in [0.05, 0.1) is 7.11 Å². The molecule has 0 aliphatic heterocycles. The van der Waals surface area contributed by atoms with Crippen molar-refractivity contribution in [1.82, 2.24) is 0 Å². The summed E-state index contributed by atoms with van der Waals surface area (Å²) in [5.74, 6) is 1.69. The maximum atomic E-state index is 5.23. The molecule has 0 bridgehead atoms. The molecule has 1 rings (SSSR count). The molecule has 0 heterocycles. The first kappa shape index (κ1) is 13.9. The lowest BCUT2D eigenvalue weighted by Crippen LogP contribution is -2.21. The van der Waals surface area contributed by atoms with Crippen LogP contribution < -0.4 is 10.1 Å². The van der Waals surface area contributed by atoms with E-state index in [9.17, 15) is 0 Å².